The summed E-state index contributed by atoms with van der Waals surface area (Å²) in [6, 6.07) is 12.6. The van der Waals surface area contributed by atoms with Crippen LogP contribution in [0.2, 0.25) is 0 Å². The van der Waals surface area contributed by atoms with Gasteiger partial charge in [0.25, 0.3) is 11.8 Å². The Hall–Kier alpha value is -3.10. The van der Waals surface area contributed by atoms with Crippen molar-refractivity contribution >= 4 is 30.1 Å². The maximum absolute atomic E-state index is 12.7. The Morgan fingerprint density at radius 1 is 0.871 bits per heavy atom. The van der Waals surface area contributed by atoms with Crippen molar-refractivity contribution in [3.05, 3.63) is 59.2 Å². The van der Waals surface area contributed by atoms with Crippen LogP contribution in [0, 0.1) is 0 Å². The molecule has 0 radical (unpaired) electrons. The molecule has 0 spiro atoms. The number of carbonyl (C=O) groups excluding carboxylic acids is 3. The minimum absolute atomic E-state index is 0. The van der Waals surface area contributed by atoms with Gasteiger partial charge in [0, 0.05) is 32.7 Å². The molecule has 3 heterocycles. The fraction of sp³-hybridized carbons (Fsp3) is 0.318. The van der Waals surface area contributed by atoms with Gasteiger partial charge < -0.3 is 14.4 Å². The van der Waals surface area contributed by atoms with Crippen molar-refractivity contribution in [3.8, 4) is 11.5 Å². The quantitative estimate of drug-likeness (QED) is 0.670. The highest BCUT2D eigenvalue weighted by Crippen LogP contribution is 2.32. The third-order valence-corrected chi connectivity index (χ3v) is 5.74. The largest absolute Gasteiger partial charge is 0.454 e. The van der Waals surface area contributed by atoms with Crippen LogP contribution in [-0.4, -0.2) is 71.9 Å². The van der Waals surface area contributed by atoms with E-state index in [1.54, 1.807) is 29.2 Å². The van der Waals surface area contributed by atoms with E-state index in [-0.39, 0.29) is 31.7 Å². The van der Waals surface area contributed by atoms with Gasteiger partial charge in [-0.15, -0.1) is 12.4 Å². The van der Waals surface area contributed by atoms with Gasteiger partial charge in [-0.05, 0) is 29.8 Å². The summed E-state index contributed by atoms with van der Waals surface area (Å²) in [5.74, 6) is 0.535. The van der Waals surface area contributed by atoms with E-state index in [9.17, 15) is 14.4 Å². The minimum atomic E-state index is -0.398. The first-order valence-corrected chi connectivity index (χ1v) is 9.94. The second kappa shape index (κ2) is 8.56. The van der Waals surface area contributed by atoms with Gasteiger partial charge >= 0.3 is 0 Å². The molecule has 0 bridgehead atoms. The van der Waals surface area contributed by atoms with Crippen molar-refractivity contribution in [1.29, 1.82) is 0 Å². The summed E-state index contributed by atoms with van der Waals surface area (Å²) in [5.41, 5.74) is 1.86. The van der Waals surface area contributed by atoms with E-state index < -0.39 is 11.8 Å². The first kappa shape index (κ1) is 21.1. The molecule has 1 saturated heterocycles. The summed E-state index contributed by atoms with van der Waals surface area (Å²) in [6.45, 7) is 3.38. The van der Waals surface area contributed by atoms with E-state index in [2.05, 4.69) is 4.90 Å². The third-order valence-electron chi connectivity index (χ3n) is 5.74. The van der Waals surface area contributed by atoms with Crippen LogP contribution >= 0.6 is 12.4 Å². The smallest absolute Gasteiger partial charge is 0.262 e. The molecular weight excluding hydrogens is 422 g/mol. The number of nitrogens with zero attached hydrogens (tertiary/aromatic N) is 3. The van der Waals surface area contributed by atoms with Gasteiger partial charge in [-0.25, -0.2) is 0 Å². The molecule has 0 N–H and O–H groups in total. The van der Waals surface area contributed by atoms with Crippen LogP contribution in [0.3, 0.4) is 0 Å². The van der Waals surface area contributed by atoms with Gasteiger partial charge in [-0.3, -0.25) is 24.2 Å². The van der Waals surface area contributed by atoms with Crippen LogP contribution in [0.25, 0.3) is 0 Å². The van der Waals surface area contributed by atoms with E-state index in [1.807, 2.05) is 18.2 Å². The number of imide groups is 1. The fourth-order valence-corrected chi connectivity index (χ4v) is 4.07. The third kappa shape index (κ3) is 3.96. The van der Waals surface area contributed by atoms with E-state index in [0.29, 0.717) is 24.2 Å². The lowest BCUT2D eigenvalue weighted by Gasteiger charge is -2.35. The molecule has 2 aromatic carbocycles. The lowest BCUT2D eigenvalue weighted by molar-refractivity contribution is -0.133. The zero-order valence-corrected chi connectivity index (χ0v) is 17.6. The maximum Gasteiger partial charge on any atom is 0.262 e. The number of ether oxygens (including phenoxy) is 2. The molecule has 3 aliphatic rings. The van der Waals surface area contributed by atoms with E-state index in [1.165, 1.54) is 0 Å². The number of benzene rings is 2. The van der Waals surface area contributed by atoms with Crippen molar-refractivity contribution in [1.82, 2.24) is 14.7 Å². The number of hydrogen-bond acceptors (Lipinski definition) is 6. The molecule has 1 fully saturated rings. The van der Waals surface area contributed by atoms with Gasteiger partial charge in [0.05, 0.1) is 11.1 Å². The monoisotopic (exact) mass is 443 g/mol. The van der Waals surface area contributed by atoms with Gasteiger partial charge in [-0.2, -0.15) is 0 Å². The molecule has 162 valence electrons. The lowest BCUT2D eigenvalue weighted by atomic mass is 10.1. The van der Waals surface area contributed by atoms with Crippen molar-refractivity contribution in [2.45, 2.75) is 6.54 Å². The summed E-state index contributed by atoms with van der Waals surface area (Å²) in [6.07, 6.45) is 0. The highest BCUT2D eigenvalue weighted by atomic mass is 35.5. The molecule has 0 atom stereocenters. The van der Waals surface area contributed by atoms with Crippen molar-refractivity contribution < 1.29 is 23.9 Å². The average molecular weight is 444 g/mol. The predicted molar refractivity (Wildman–Crippen MR) is 113 cm³/mol. The fourth-order valence-electron chi connectivity index (χ4n) is 4.07. The zero-order valence-electron chi connectivity index (χ0n) is 16.8. The summed E-state index contributed by atoms with van der Waals surface area (Å²) in [7, 11) is 0. The summed E-state index contributed by atoms with van der Waals surface area (Å²) in [5, 5.41) is 0. The first-order valence-electron chi connectivity index (χ1n) is 9.94. The Morgan fingerprint density at radius 3 is 2.19 bits per heavy atom. The van der Waals surface area contributed by atoms with E-state index in [4.69, 9.17) is 9.47 Å². The van der Waals surface area contributed by atoms with Crippen LogP contribution in [0.1, 0.15) is 26.3 Å². The average Bonchev–Trinajstić information content (AvgIpc) is 3.33. The zero-order chi connectivity index (χ0) is 20.7. The second-order valence-electron chi connectivity index (χ2n) is 7.59. The Balaban J connectivity index is 0.00000231. The van der Waals surface area contributed by atoms with E-state index >= 15 is 0 Å². The standard InChI is InChI=1S/C22H21N3O5.ClH/c26-20(13-25-21(27)16-3-1-2-4-17(16)22(25)28)24-9-7-23(8-10-24)12-15-5-6-18-19(11-15)30-14-29-18;/h1-6,11H,7-10,12-14H2;1H. The highest BCUT2D eigenvalue weighted by molar-refractivity contribution is 6.22. The van der Waals surface area contributed by atoms with Gasteiger partial charge in [0.1, 0.15) is 6.54 Å². The molecule has 0 unspecified atom stereocenters. The summed E-state index contributed by atoms with van der Waals surface area (Å²) in [4.78, 5) is 42.7. The normalized spacial score (nSPS) is 17.5. The van der Waals surface area contributed by atoms with Gasteiger partial charge in [-0.1, -0.05) is 18.2 Å². The molecule has 3 amide bonds. The predicted octanol–water partition coefficient (Wildman–Crippen LogP) is 1.78. The van der Waals surface area contributed by atoms with Crippen molar-refractivity contribution in [3.63, 3.8) is 0 Å². The second-order valence-corrected chi connectivity index (χ2v) is 7.59. The molecule has 2 aromatic rings. The molecule has 0 aliphatic carbocycles. The first-order chi connectivity index (χ1) is 14.6. The van der Waals surface area contributed by atoms with Crippen molar-refractivity contribution in [2.24, 2.45) is 0 Å². The molecule has 31 heavy (non-hydrogen) atoms. The number of carbonyl (C=O) groups is 3. The molecule has 0 saturated carbocycles. The minimum Gasteiger partial charge on any atom is -0.454 e. The highest BCUT2D eigenvalue weighted by Gasteiger charge is 2.37. The van der Waals surface area contributed by atoms with E-state index in [0.717, 1.165) is 41.6 Å². The Bertz CT molecular complexity index is 1000. The number of halogens is 1. The Morgan fingerprint density at radius 2 is 1.52 bits per heavy atom. The van der Waals surface area contributed by atoms with Crippen molar-refractivity contribution in [2.75, 3.05) is 39.5 Å². The molecule has 0 aromatic heterocycles. The van der Waals surface area contributed by atoms with Crippen LogP contribution in [0.15, 0.2) is 42.5 Å². The molecule has 5 rings (SSSR count). The Labute approximate surface area is 185 Å². The summed E-state index contributed by atoms with van der Waals surface area (Å²) >= 11 is 0. The summed E-state index contributed by atoms with van der Waals surface area (Å²) < 4.78 is 10.8. The van der Waals surface area contributed by atoms with Crippen LogP contribution < -0.4 is 9.47 Å². The number of rotatable bonds is 4. The molecule has 3 aliphatic heterocycles. The van der Waals surface area contributed by atoms with Crippen LogP contribution in [0.4, 0.5) is 0 Å². The van der Waals surface area contributed by atoms with Gasteiger partial charge in [0.15, 0.2) is 11.5 Å². The lowest BCUT2D eigenvalue weighted by Crippen LogP contribution is -2.51. The number of piperazine rings is 1. The van der Waals surface area contributed by atoms with Crippen LogP contribution in [-0.2, 0) is 11.3 Å². The molecule has 9 heteroatoms. The number of amides is 3. The number of hydrogen-bond donors (Lipinski definition) is 0. The van der Waals surface area contributed by atoms with Crippen LogP contribution in [0.5, 0.6) is 11.5 Å². The maximum atomic E-state index is 12.7. The van der Waals surface area contributed by atoms with Gasteiger partial charge in [0.2, 0.25) is 12.7 Å². The molecule has 8 nitrogen and oxygen atoms in total. The Kier molecular flexibility index (Phi) is 5.84. The molecular formula is C22H22ClN3O5. The topological polar surface area (TPSA) is 79.4 Å². The SMILES string of the molecule is Cl.O=C(CN1C(=O)c2ccccc2C1=O)N1CCN(Cc2ccc3c(c2)OCO3)CC1. The number of fused-ring (bicyclic) bond motifs is 2.